The second-order valence-electron chi connectivity index (χ2n) is 40.6. The lowest BCUT2D eigenvalue weighted by Gasteiger charge is -2.53. The molecule has 6 aliphatic rings. The Bertz CT molecular complexity index is 6280. The summed E-state index contributed by atoms with van der Waals surface area (Å²) >= 11 is 0. The Morgan fingerprint density at radius 3 is 0.891 bits per heavy atom. The molecule has 0 saturated carbocycles. The highest BCUT2D eigenvalue weighted by atomic mass is 15.2. The van der Waals surface area contributed by atoms with Gasteiger partial charge in [0.1, 0.15) is 0 Å². The number of fused-ring (bicyclic) bond motifs is 16. The number of hydrogen-bond donors (Lipinski definition) is 0. The molecule has 0 amide bonds. The fourth-order valence-corrected chi connectivity index (χ4v) is 20.5. The van der Waals surface area contributed by atoms with Crippen LogP contribution in [-0.4, -0.2) is 20.1 Å². The summed E-state index contributed by atoms with van der Waals surface area (Å²) in [5.74, 6) is 0. The maximum Gasteiger partial charge on any atom is 0.252 e. The maximum atomic E-state index is 2.81. The maximum absolute atomic E-state index is 2.81. The van der Waals surface area contributed by atoms with Crippen LogP contribution in [0.3, 0.4) is 0 Å². The minimum atomic E-state index is -0.230. The van der Waals surface area contributed by atoms with Gasteiger partial charge in [0.2, 0.25) is 0 Å². The first-order chi connectivity index (χ1) is 56.8. The topological polar surface area (TPSA) is 19.4 Å². The zero-order valence-corrected chi connectivity index (χ0v) is 72.2. The molecular formula is C110H103B3N6. The van der Waals surface area contributed by atoms with Crippen molar-refractivity contribution in [3.63, 3.8) is 0 Å². The van der Waals surface area contributed by atoms with Crippen LogP contribution in [0, 0.1) is 0 Å². The van der Waals surface area contributed by atoms with Crippen molar-refractivity contribution >= 4 is 193 Å². The molecule has 15 aromatic carbocycles. The molecule has 9 heteroatoms. The molecule has 15 aromatic rings. The molecular weight excluding hydrogens is 1440 g/mol. The summed E-state index contributed by atoms with van der Waals surface area (Å²) < 4.78 is 0. The molecule has 0 saturated heterocycles. The smallest absolute Gasteiger partial charge is 0.252 e. The number of para-hydroxylation sites is 4. The van der Waals surface area contributed by atoms with Gasteiger partial charge < -0.3 is 29.4 Å². The lowest BCUT2D eigenvalue weighted by Crippen LogP contribution is -2.72. The van der Waals surface area contributed by atoms with E-state index in [-0.39, 0.29) is 52.6 Å². The van der Waals surface area contributed by atoms with E-state index in [2.05, 4.69) is 451 Å². The van der Waals surface area contributed by atoms with Crippen LogP contribution in [0.1, 0.15) is 158 Å². The molecule has 0 fully saturated rings. The van der Waals surface area contributed by atoms with E-state index in [4.69, 9.17) is 0 Å². The number of anilines is 18. The highest BCUT2D eigenvalue weighted by Gasteiger charge is 2.56. The van der Waals surface area contributed by atoms with E-state index in [9.17, 15) is 0 Å². The summed E-state index contributed by atoms with van der Waals surface area (Å²) in [6, 6.07) is 116. The van der Waals surface area contributed by atoms with Crippen molar-refractivity contribution in [3.05, 3.63) is 331 Å². The third kappa shape index (κ3) is 11.6. The third-order valence-electron chi connectivity index (χ3n) is 26.8. The second kappa shape index (κ2) is 26.2. The van der Waals surface area contributed by atoms with Crippen LogP contribution in [0.4, 0.5) is 102 Å². The van der Waals surface area contributed by atoms with Crippen LogP contribution in [0.25, 0.3) is 21.5 Å². The quantitative estimate of drug-likeness (QED) is 0.140. The standard InChI is InChI=1S/C110H103B3N6/c1-105(2,3)70-51-53-94-86(61-70)113-87-62-71(106(4,5)6)52-54-95(87)119-99-66-81(115(77-41-23-20-24-42-77)91-50-34-38-69-36-26-28-44-83(69)91)64-97-101(99)112(85-46-30-32-48-93(85)117(97)79-59-74(109(13,14)15)56-75(60-79)110(16,17)18)89-67-88-103(102(113)104(89)119)118(94)98-65-80(114(76-39-21-19-22-40-76)90-49-33-37-68-35-25-27-43-82(68)90)63-96-100(98)111(88)84-45-29-31-47-92(84)116(96)78-57-72(107(7,8)9)55-73(58-78)108(10,11)12/h19-67H,1-18H3. The van der Waals surface area contributed by atoms with Gasteiger partial charge in [0.15, 0.2) is 0 Å². The zero-order valence-electron chi connectivity index (χ0n) is 72.2. The monoisotopic (exact) mass is 1540 g/mol. The largest absolute Gasteiger partial charge is 0.312 e. The average molecular weight is 1540 g/mol. The van der Waals surface area contributed by atoms with Crippen LogP contribution in [0.15, 0.2) is 297 Å². The Hall–Kier alpha value is -12.2. The van der Waals surface area contributed by atoms with Gasteiger partial charge >= 0.3 is 0 Å². The molecule has 6 heterocycles. The van der Waals surface area contributed by atoms with Gasteiger partial charge in [0, 0.05) is 90.4 Å². The minimum Gasteiger partial charge on any atom is -0.312 e. The fraction of sp³-hybridized carbons (Fsp3) is 0.218. The molecule has 119 heavy (non-hydrogen) atoms. The molecule has 0 radical (unpaired) electrons. The van der Waals surface area contributed by atoms with E-state index >= 15 is 0 Å². The van der Waals surface area contributed by atoms with Crippen molar-refractivity contribution in [2.24, 2.45) is 0 Å². The predicted molar refractivity (Wildman–Crippen MR) is 516 cm³/mol. The Labute approximate surface area is 705 Å². The molecule has 0 N–H and O–H groups in total. The summed E-state index contributed by atoms with van der Waals surface area (Å²) in [5.41, 5.74) is 39.6. The Balaban J connectivity index is 0.944. The van der Waals surface area contributed by atoms with Crippen molar-refractivity contribution in [1.29, 1.82) is 0 Å². The van der Waals surface area contributed by atoms with Crippen molar-refractivity contribution in [3.8, 4) is 0 Å². The van der Waals surface area contributed by atoms with E-state index in [1.165, 1.54) is 161 Å². The molecule has 6 nitrogen and oxygen atoms in total. The third-order valence-corrected chi connectivity index (χ3v) is 26.8. The highest BCUT2D eigenvalue weighted by Crippen LogP contribution is 2.56. The molecule has 0 aromatic heterocycles. The molecule has 0 bridgehead atoms. The minimum absolute atomic E-state index is 0.161. The average Bonchev–Trinajstić information content (AvgIpc) is 0.655. The molecule has 582 valence electrons. The van der Waals surface area contributed by atoms with Gasteiger partial charge in [-0.3, -0.25) is 0 Å². The number of nitrogens with zero attached hydrogens (tertiary/aromatic N) is 6. The van der Waals surface area contributed by atoms with Gasteiger partial charge in [-0.2, -0.15) is 0 Å². The van der Waals surface area contributed by atoms with Gasteiger partial charge in [-0.25, -0.2) is 0 Å². The van der Waals surface area contributed by atoms with Crippen LogP contribution in [-0.2, 0) is 32.5 Å². The highest BCUT2D eigenvalue weighted by molar-refractivity contribution is 7.07. The summed E-state index contributed by atoms with van der Waals surface area (Å²) in [6.07, 6.45) is 0. The van der Waals surface area contributed by atoms with Crippen LogP contribution < -0.4 is 78.6 Å². The second-order valence-corrected chi connectivity index (χ2v) is 40.6. The first-order valence-electron chi connectivity index (χ1n) is 43.1. The number of rotatable bonds is 8. The summed E-state index contributed by atoms with van der Waals surface area (Å²) in [7, 11) is 0. The molecule has 0 spiro atoms. The summed E-state index contributed by atoms with van der Waals surface area (Å²) in [4.78, 5) is 16.1. The summed E-state index contributed by atoms with van der Waals surface area (Å²) in [5, 5.41) is 4.75. The van der Waals surface area contributed by atoms with Gasteiger partial charge in [0.25, 0.3) is 20.1 Å². The predicted octanol–water partition coefficient (Wildman–Crippen LogP) is 24.0. The van der Waals surface area contributed by atoms with Gasteiger partial charge in [0.05, 0.1) is 22.7 Å². The van der Waals surface area contributed by atoms with Crippen molar-refractivity contribution in [1.82, 2.24) is 0 Å². The lowest BCUT2D eigenvalue weighted by molar-refractivity contribution is 0.568. The molecule has 6 aliphatic heterocycles. The number of hydrogen-bond acceptors (Lipinski definition) is 6. The molecule has 0 unspecified atom stereocenters. The fourth-order valence-electron chi connectivity index (χ4n) is 20.5. The first kappa shape index (κ1) is 74.4. The van der Waals surface area contributed by atoms with Crippen LogP contribution in [0.2, 0.25) is 0 Å². The van der Waals surface area contributed by atoms with Crippen LogP contribution in [0.5, 0.6) is 0 Å². The van der Waals surface area contributed by atoms with Crippen molar-refractivity contribution in [2.45, 2.75) is 157 Å². The van der Waals surface area contributed by atoms with E-state index in [1.807, 2.05) is 0 Å². The van der Waals surface area contributed by atoms with Crippen LogP contribution >= 0.6 is 0 Å². The van der Waals surface area contributed by atoms with E-state index in [1.54, 1.807) is 0 Å². The molecule has 0 atom stereocenters. The van der Waals surface area contributed by atoms with Gasteiger partial charge in [-0.05, 0) is 235 Å². The zero-order chi connectivity index (χ0) is 82.2. The molecule has 21 rings (SSSR count). The van der Waals surface area contributed by atoms with Crippen molar-refractivity contribution in [2.75, 3.05) is 29.4 Å². The Kier molecular flexibility index (Phi) is 16.3. The van der Waals surface area contributed by atoms with Gasteiger partial charge in [-0.15, -0.1) is 0 Å². The van der Waals surface area contributed by atoms with E-state index in [0.717, 1.165) is 45.5 Å². The van der Waals surface area contributed by atoms with Gasteiger partial charge in [-0.1, -0.05) is 313 Å². The van der Waals surface area contributed by atoms with Crippen molar-refractivity contribution < 1.29 is 0 Å². The first-order valence-corrected chi connectivity index (χ1v) is 43.1. The van der Waals surface area contributed by atoms with E-state index in [0.29, 0.717) is 0 Å². The lowest BCUT2D eigenvalue weighted by atomic mass is 9.25. The normalized spacial score (nSPS) is 14.2. The summed E-state index contributed by atoms with van der Waals surface area (Å²) in [6.45, 7) is 42.3. The van der Waals surface area contributed by atoms with E-state index < -0.39 is 0 Å². The SMILES string of the molecule is CC(C)(C)c1cc(N2c3ccccc3B3c4cc5c6c7c4N(c4ccc(C(C)(C)C)cc4B7c4cc(C(C)(C)C)ccc4N6c4cc(N(c6ccccc6)c6cccc7ccccc67)cc6c4B5c4ccccc4N6c4cc(C(C)(C)C)cc(C(C)(C)C)c4)c4cc(N(c5ccccc5)c5cccc6ccccc56)cc2c43)cc(C(C)(C)C)c1. The Morgan fingerprint density at radius 1 is 0.210 bits per heavy atom. The number of benzene rings is 15. The molecule has 0 aliphatic carbocycles. The Morgan fingerprint density at radius 2 is 0.521 bits per heavy atom.